The number of hydrogen-bond donors (Lipinski definition) is 2. The predicted octanol–water partition coefficient (Wildman–Crippen LogP) is 3.98. The van der Waals surface area contributed by atoms with Crippen LogP contribution in [0.3, 0.4) is 0 Å². The van der Waals surface area contributed by atoms with Crippen molar-refractivity contribution in [1.82, 2.24) is 10.6 Å². The Kier molecular flexibility index (Phi) is 6.63. The van der Waals surface area contributed by atoms with Gasteiger partial charge in [-0.3, -0.25) is 9.59 Å². The molecule has 1 atom stereocenters. The van der Waals surface area contributed by atoms with E-state index in [0.717, 1.165) is 31.2 Å². The molecular formula is C21H32N2O2. The van der Waals surface area contributed by atoms with Crippen molar-refractivity contribution in [2.24, 2.45) is 11.3 Å². The third kappa shape index (κ3) is 5.32. The Hall–Kier alpha value is -1.84. The first kappa shape index (κ1) is 19.5. The van der Waals surface area contributed by atoms with Crippen molar-refractivity contribution >= 4 is 11.8 Å². The average molecular weight is 344 g/mol. The first-order chi connectivity index (χ1) is 11.8. The van der Waals surface area contributed by atoms with E-state index in [1.807, 2.05) is 37.3 Å². The number of benzene rings is 1. The standard InChI is InChI=1S/C21H32N2O2/c1-5-21(3,4)17-11-13-18(14-12-17)23-20(25)19(24)22-15(2)16-9-7-6-8-10-16/h6-10,15,17-18H,5,11-14H2,1-4H3,(H,22,24)(H,23,25)/t15-,17?,18?/m0/s1. The van der Waals surface area contributed by atoms with Crippen LogP contribution in [0.5, 0.6) is 0 Å². The summed E-state index contributed by atoms with van der Waals surface area (Å²) < 4.78 is 0. The van der Waals surface area contributed by atoms with E-state index < -0.39 is 11.8 Å². The number of amides is 2. The fourth-order valence-corrected chi connectivity index (χ4v) is 3.65. The second-order valence-corrected chi connectivity index (χ2v) is 7.97. The SMILES string of the molecule is CCC(C)(C)C1CCC(NC(=O)C(=O)N[C@@H](C)c2ccccc2)CC1. The van der Waals surface area contributed by atoms with Crippen LogP contribution in [0, 0.1) is 11.3 Å². The molecule has 25 heavy (non-hydrogen) atoms. The fraction of sp³-hybridized carbons (Fsp3) is 0.619. The van der Waals surface area contributed by atoms with Gasteiger partial charge in [-0.2, -0.15) is 0 Å². The fourth-order valence-electron chi connectivity index (χ4n) is 3.65. The van der Waals surface area contributed by atoms with Gasteiger partial charge < -0.3 is 10.6 Å². The Morgan fingerprint density at radius 2 is 1.68 bits per heavy atom. The summed E-state index contributed by atoms with van der Waals surface area (Å²) in [7, 11) is 0. The van der Waals surface area contributed by atoms with Crippen molar-refractivity contribution in [3.05, 3.63) is 35.9 Å². The molecule has 1 aliphatic carbocycles. The molecule has 0 saturated heterocycles. The summed E-state index contributed by atoms with van der Waals surface area (Å²) in [6.07, 6.45) is 5.33. The number of carbonyl (C=O) groups excluding carboxylic acids is 2. The summed E-state index contributed by atoms with van der Waals surface area (Å²) >= 11 is 0. The van der Waals surface area contributed by atoms with Crippen LogP contribution in [0.15, 0.2) is 30.3 Å². The lowest BCUT2D eigenvalue weighted by Crippen LogP contribution is -2.46. The van der Waals surface area contributed by atoms with Crippen LogP contribution in [-0.2, 0) is 9.59 Å². The zero-order valence-corrected chi connectivity index (χ0v) is 16.0. The molecule has 1 saturated carbocycles. The molecule has 1 aliphatic rings. The van der Waals surface area contributed by atoms with Crippen molar-refractivity contribution in [3.63, 3.8) is 0 Å². The van der Waals surface area contributed by atoms with Crippen LogP contribution in [-0.4, -0.2) is 17.9 Å². The van der Waals surface area contributed by atoms with Crippen molar-refractivity contribution < 1.29 is 9.59 Å². The van der Waals surface area contributed by atoms with Crippen LogP contribution in [0.25, 0.3) is 0 Å². The molecule has 0 unspecified atom stereocenters. The van der Waals surface area contributed by atoms with Crippen LogP contribution >= 0.6 is 0 Å². The van der Waals surface area contributed by atoms with E-state index in [1.54, 1.807) is 0 Å². The zero-order valence-electron chi connectivity index (χ0n) is 16.0. The topological polar surface area (TPSA) is 58.2 Å². The van der Waals surface area contributed by atoms with Crippen LogP contribution in [0.2, 0.25) is 0 Å². The highest BCUT2D eigenvalue weighted by Gasteiger charge is 2.32. The third-order valence-corrected chi connectivity index (χ3v) is 5.93. The smallest absolute Gasteiger partial charge is 0.309 e. The highest BCUT2D eigenvalue weighted by atomic mass is 16.2. The lowest BCUT2D eigenvalue weighted by Gasteiger charge is -2.39. The second kappa shape index (κ2) is 8.50. The molecule has 4 heteroatoms. The maximum atomic E-state index is 12.2. The van der Waals surface area contributed by atoms with E-state index in [1.165, 1.54) is 6.42 Å². The van der Waals surface area contributed by atoms with Gasteiger partial charge in [-0.1, -0.05) is 57.5 Å². The summed E-state index contributed by atoms with van der Waals surface area (Å²) in [6.45, 7) is 8.79. The van der Waals surface area contributed by atoms with E-state index in [0.29, 0.717) is 11.3 Å². The third-order valence-electron chi connectivity index (χ3n) is 5.93. The summed E-state index contributed by atoms with van der Waals surface area (Å²) in [4.78, 5) is 24.3. The summed E-state index contributed by atoms with van der Waals surface area (Å²) in [5.74, 6) is -0.356. The zero-order chi connectivity index (χ0) is 18.4. The van der Waals surface area contributed by atoms with Gasteiger partial charge >= 0.3 is 11.8 Å². The molecule has 1 aromatic rings. The van der Waals surface area contributed by atoms with Gasteiger partial charge in [0.05, 0.1) is 6.04 Å². The minimum atomic E-state index is -0.549. The van der Waals surface area contributed by atoms with Gasteiger partial charge in [0.2, 0.25) is 0 Å². The Morgan fingerprint density at radius 3 is 2.24 bits per heavy atom. The average Bonchev–Trinajstić information content (AvgIpc) is 2.62. The lowest BCUT2D eigenvalue weighted by atomic mass is 9.69. The quantitative estimate of drug-likeness (QED) is 0.794. The van der Waals surface area contributed by atoms with Crippen LogP contribution in [0.4, 0.5) is 0 Å². The van der Waals surface area contributed by atoms with Crippen molar-refractivity contribution in [2.45, 2.75) is 71.9 Å². The van der Waals surface area contributed by atoms with Crippen molar-refractivity contribution in [1.29, 1.82) is 0 Å². The monoisotopic (exact) mass is 344 g/mol. The first-order valence-corrected chi connectivity index (χ1v) is 9.49. The highest BCUT2D eigenvalue weighted by Crippen LogP contribution is 2.40. The first-order valence-electron chi connectivity index (χ1n) is 9.49. The predicted molar refractivity (Wildman–Crippen MR) is 101 cm³/mol. The second-order valence-electron chi connectivity index (χ2n) is 7.97. The van der Waals surface area contributed by atoms with E-state index in [4.69, 9.17) is 0 Å². The summed E-state index contributed by atoms with van der Waals surface area (Å²) in [5.41, 5.74) is 1.35. The lowest BCUT2D eigenvalue weighted by molar-refractivity contribution is -0.140. The van der Waals surface area contributed by atoms with E-state index in [9.17, 15) is 9.59 Å². The summed E-state index contributed by atoms with van der Waals surface area (Å²) in [5, 5.41) is 5.69. The van der Waals surface area contributed by atoms with Gasteiger partial charge in [0, 0.05) is 6.04 Å². The minimum absolute atomic E-state index is 0.120. The van der Waals surface area contributed by atoms with E-state index >= 15 is 0 Å². The van der Waals surface area contributed by atoms with E-state index in [-0.39, 0.29) is 12.1 Å². The molecule has 0 bridgehead atoms. The number of rotatable bonds is 5. The molecule has 0 aliphatic heterocycles. The van der Waals surface area contributed by atoms with Gasteiger partial charge in [-0.15, -0.1) is 0 Å². The van der Waals surface area contributed by atoms with Gasteiger partial charge in [0.25, 0.3) is 0 Å². The molecule has 0 aromatic heterocycles. The Morgan fingerprint density at radius 1 is 1.08 bits per heavy atom. The normalized spacial score (nSPS) is 22.1. The highest BCUT2D eigenvalue weighted by molar-refractivity contribution is 6.35. The number of hydrogen-bond acceptors (Lipinski definition) is 2. The van der Waals surface area contributed by atoms with Gasteiger partial charge in [-0.25, -0.2) is 0 Å². The molecule has 2 rings (SSSR count). The molecule has 2 N–H and O–H groups in total. The minimum Gasteiger partial charge on any atom is -0.345 e. The number of carbonyl (C=O) groups is 2. The van der Waals surface area contributed by atoms with Crippen molar-refractivity contribution in [2.75, 3.05) is 0 Å². The molecule has 1 aromatic carbocycles. The van der Waals surface area contributed by atoms with Gasteiger partial charge in [0.1, 0.15) is 0 Å². The van der Waals surface area contributed by atoms with Gasteiger partial charge in [0.15, 0.2) is 0 Å². The Balaban J connectivity index is 1.79. The molecule has 0 radical (unpaired) electrons. The van der Waals surface area contributed by atoms with Gasteiger partial charge in [-0.05, 0) is 49.5 Å². The molecule has 4 nitrogen and oxygen atoms in total. The Bertz CT molecular complexity index is 575. The molecule has 138 valence electrons. The molecule has 0 heterocycles. The maximum absolute atomic E-state index is 12.2. The molecular weight excluding hydrogens is 312 g/mol. The largest absolute Gasteiger partial charge is 0.345 e. The van der Waals surface area contributed by atoms with Crippen LogP contribution < -0.4 is 10.6 Å². The molecule has 2 amide bonds. The summed E-state index contributed by atoms with van der Waals surface area (Å²) in [6, 6.07) is 9.61. The molecule has 0 spiro atoms. The maximum Gasteiger partial charge on any atom is 0.309 e. The molecule has 1 fully saturated rings. The van der Waals surface area contributed by atoms with Crippen LogP contribution in [0.1, 0.15) is 71.4 Å². The number of nitrogens with one attached hydrogen (secondary N) is 2. The Labute approximate surface area is 151 Å². The van der Waals surface area contributed by atoms with Crippen molar-refractivity contribution in [3.8, 4) is 0 Å². The van der Waals surface area contributed by atoms with E-state index in [2.05, 4.69) is 31.4 Å².